The molecule has 0 saturated carbocycles. The van der Waals surface area contributed by atoms with Crippen LogP contribution in [0.15, 0.2) is 23.8 Å². The van der Waals surface area contributed by atoms with E-state index in [2.05, 4.69) is 13.1 Å². The summed E-state index contributed by atoms with van der Waals surface area (Å²) in [6.07, 6.45) is 1.35. The Morgan fingerprint density at radius 2 is 1.95 bits per heavy atom. The van der Waals surface area contributed by atoms with Crippen LogP contribution >= 0.6 is 0 Å². The lowest BCUT2D eigenvalue weighted by Crippen LogP contribution is -2.58. The summed E-state index contributed by atoms with van der Waals surface area (Å²) in [7, 11) is 2.26. The number of hydrogen-bond donors (Lipinski definition) is 2. The number of likely N-dealkylation sites (N-methyl/N-ethyl adjacent to an activating group) is 1. The summed E-state index contributed by atoms with van der Waals surface area (Å²) >= 11 is 0. The molecule has 2 N–H and O–H groups in total. The van der Waals surface area contributed by atoms with Crippen molar-refractivity contribution in [1.82, 2.24) is 0 Å². The molecule has 22 heavy (non-hydrogen) atoms. The zero-order valence-corrected chi connectivity index (χ0v) is 12.5. The minimum absolute atomic E-state index is 0.0688. The van der Waals surface area contributed by atoms with Gasteiger partial charge >= 0.3 is 0 Å². The molecule has 1 aromatic rings. The first kappa shape index (κ1) is 12.9. The van der Waals surface area contributed by atoms with Crippen LogP contribution in [0.3, 0.4) is 0 Å². The minimum atomic E-state index is -0.779. The van der Waals surface area contributed by atoms with Crippen molar-refractivity contribution in [3.63, 3.8) is 0 Å². The maximum absolute atomic E-state index is 10.7. The smallest absolute Gasteiger partial charge is 0.231 e. The average molecular weight is 302 g/mol. The summed E-state index contributed by atoms with van der Waals surface area (Å²) in [6.45, 7) is 2.25. The zero-order valence-electron chi connectivity index (χ0n) is 12.5. The van der Waals surface area contributed by atoms with Gasteiger partial charge in [-0.2, -0.15) is 0 Å². The predicted octanol–water partition coefficient (Wildman–Crippen LogP) is 0.893. The molecule has 4 aliphatic rings. The first-order valence-electron chi connectivity index (χ1n) is 7.90. The number of benzene rings is 1. The molecule has 3 aliphatic heterocycles. The maximum Gasteiger partial charge on any atom is 0.231 e. The highest BCUT2D eigenvalue weighted by Gasteiger charge is 2.56. The molecule has 5 atom stereocenters. The molecule has 0 radical (unpaired) electrons. The minimum Gasteiger partial charge on any atom is -0.454 e. The third-order valence-corrected chi connectivity index (χ3v) is 5.93. The molecule has 0 spiro atoms. The van der Waals surface area contributed by atoms with Crippen LogP contribution in [0.5, 0.6) is 11.5 Å². The lowest BCUT2D eigenvalue weighted by molar-refractivity contribution is -0.935. The molecule has 5 rings (SSSR count). The Balaban J connectivity index is 1.73. The number of ether oxygens (including phenoxy) is 2. The van der Waals surface area contributed by atoms with Gasteiger partial charge < -0.3 is 24.2 Å². The normalized spacial score (nSPS) is 41.0. The maximum atomic E-state index is 10.7. The molecule has 5 heteroatoms. The second-order valence-corrected chi connectivity index (χ2v) is 7.21. The van der Waals surface area contributed by atoms with Gasteiger partial charge in [0.1, 0.15) is 12.6 Å². The summed E-state index contributed by atoms with van der Waals surface area (Å²) in [6, 6.07) is 4.35. The molecule has 3 heterocycles. The monoisotopic (exact) mass is 302 g/mol. The van der Waals surface area contributed by atoms with Gasteiger partial charge in [0.05, 0.1) is 31.7 Å². The van der Waals surface area contributed by atoms with Gasteiger partial charge in [0.25, 0.3) is 0 Å². The predicted molar refractivity (Wildman–Crippen MR) is 78.6 cm³/mol. The van der Waals surface area contributed by atoms with E-state index < -0.39 is 12.2 Å². The first-order chi connectivity index (χ1) is 10.6. The molecule has 1 aromatic carbocycles. The molecule has 116 valence electrons. The van der Waals surface area contributed by atoms with E-state index in [0.29, 0.717) is 0 Å². The number of nitrogens with zero attached hydrogens (tertiary/aromatic N) is 1. The number of rotatable bonds is 0. The van der Waals surface area contributed by atoms with Crippen LogP contribution in [-0.2, 0) is 6.54 Å². The van der Waals surface area contributed by atoms with E-state index in [9.17, 15) is 10.2 Å². The fourth-order valence-electron chi connectivity index (χ4n) is 4.96. The Morgan fingerprint density at radius 1 is 1.18 bits per heavy atom. The van der Waals surface area contributed by atoms with E-state index in [0.717, 1.165) is 41.1 Å². The van der Waals surface area contributed by atoms with Crippen LogP contribution in [0.2, 0.25) is 0 Å². The second-order valence-electron chi connectivity index (χ2n) is 7.21. The largest absolute Gasteiger partial charge is 0.454 e. The molecule has 0 unspecified atom stereocenters. The van der Waals surface area contributed by atoms with E-state index in [1.807, 2.05) is 12.1 Å². The van der Waals surface area contributed by atoms with Crippen LogP contribution < -0.4 is 9.47 Å². The van der Waals surface area contributed by atoms with E-state index in [1.165, 1.54) is 11.1 Å². The van der Waals surface area contributed by atoms with Gasteiger partial charge in [-0.05, 0) is 29.3 Å². The van der Waals surface area contributed by atoms with Crippen molar-refractivity contribution < 1.29 is 24.2 Å². The standard InChI is InChI=1S/C17H20NO4/c1-18-3-2-9-4-12(19)17(20)15(16(9)18)11-6-14-13(21-8-22-14)5-10(11)7-18/h4-6,12,15-17,19-20H,2-3,7-8H2,1H3/q+1/t12-,15-,16-,17+,18-/m0/s1. The fourth-order valence-corrected chi connectivity index (χ4v) is 4.96. The Bertz CT molecular complexity index is 700. The third kappa shape index (κ3) is 1.49. The van der Waals surface area contributed by atoms with Crippen molar-refractivity contribution >= 4 is 0 Å². The van der Waals surface area contributed by atoms with Crippen molar-refractivity contribution in [3.05, 3.63) is 34.9 Å². The number of quaternary nitrogens is 1. The zero-order chi connectivity index (χ0) is 15.1. The van der Waals surface area contributed by atoms with Gasteiger partial charge in [-0.1, -0.05) is 0 Å². The summed E-state index contributed by atoms with van der Waals surface area (Å²) in [4.78, 5) is 0. The lowest BCUT2D eigenvalue weighted by Gasteiger charge is -2.48. The Morgan fingerprint density at radius 3 is 2.77 bits per heavy atom. The molecule has 0 aromatic heterocycles. The highest BCUT2D eigenvalue weighted by molar-refractivity contribution is 5.52. The molecule has 1 saturated heterocycles. The van der Waals surface area contributed by atoms with Crippen LogP contribution in [-0.4, -0.2) is 53.3 Å². The summed E-state index contributed by atoms with van der Waals surface area (Å²) in [5.74, 6) is 1.48. The topological polar surface area (TPSA) is 58.9 Å². The van der Waals surface area contributed by atoms with Crippen molar-refractivity contribution in [3.8, 4) is 11.5 Å². The highest BCUT2D eigenvalue weighted by Crippen LogP contribution is 2.52. The van der Waals surface area contributed by atoms with Gasteiger partial charge in [-0.25, -0.2) is 0 Å². The lowest BCUT2D eigenvalue weighted by atomic mass is 9.72. The third-order valence-electron chi connectivity index (χ3n) is 5.93. The Labute approximate surface area is 129 Å². The summed E-state index contributed by atoms with van der Waals surface area (Å²) < 4.78 is 11.9. The van der Waals surface area contributed by atoms with Crippen molar-refractivity contribution in [2.24, 2.45) is 0 Å². The summed E-state index contributed by atoms with van der Waals surface area (Å²) in [5.41, 5.74) is 3.62. The first-order valence-corrected chi connectivity index (χ1v) is 7.90. The molecule has 0 bridgehead atoms. The van der Waals surface area contributed by atoms with E-state index in [-0.39, 0.29) is 18.8 Å². The fraction of sp³-hybridized carbons (Fsp3) is 0.529. The number of fused-ring (bicyclic) bond motifs is 3. The molecule has 1 aliphatic carbocycles. The van der Waals surface area contributed by atoms with Gasteiger partial charge in [0.2, 0.25) is 6.79 Å². The number of aliphatic hydroxyl groups is 2. The SMILES string of the molecule is C[N@+]12CCC3=C[C@H](O)[C@@H](O)[C@@H](c4cc5c(cc4C1)OCO5)[C@H]32. The number of aliphatic hydroxyl groups excluding tert-OH is 2. The van der Waals surface area contributed by atoms with Gasteiger partial charge in [-0.3, -0.25) is 0 Å². The van der Waals surface area contributed by atoms with Crippen molar-refractivity contribution in [2.45, 2.75) is 37.1 Å². The molecular weight excluding hydrogens is 282 g/mol. The second kappa shape index (κ2) is 4.04. The highest BCUT2D eigenvalue weighted by atomic mass is 16.7. The molecule has 0 amide bonds. The van der Waals surface area contributed by atoms with Crippen LogP contribution in [0.4, 0.5) is 0 Å². The van der Waals surface area contributed by atoms with Crippen LogP contribution in [0.25, 0.3) is 0 Å². The summed E-state index contributed by atoms with van der Waals surface area (Å²) in [5, 5.41) is 20.9. The average Bonchev–Trinajstić information content (AvgIpc) is 3.06. The molecule has 5 nitrogen and oxygen atoms in total. The Kier molecular flexibility index (Phi) is 2.38. The van der Waals surface area contributed by atoms with Gasteiger partial charge in [-0.15, -0.1) is 0 Å². The molecular formula is C17H20NO4+. The quantitative estimate of drug-likeness (QED) is 0.552. The molecule has 1 fully saturated rings. The van der Waals surface area contributed by atoms with Crippen molar-refractivity contribution in [2.75, 3.05) is 20.4 Å². The van der Waals surface area contributed by atoms with E-state index >= 15 is 0 Å². The van der Waals surface area contributed by atoms with Gasteiger partial charge in [0, 0.05) is 12.0 Å². The Hall–Kier alpha value is -1.56. The van der Waals surface area contributed by atoms with Crippen LogP contribution in [0, 0.1) is 0 Å². The van der Waals surface area contributed by atoms with E-state index in [4.69, 9.17) is 9.47 Å². The van der Waals surface area contributed by atoms with Crippen molar-refractivity contribution in [1.29, 1.82) is 0 Å². The van der Waals surface area contributed by atoms with E-state index in [1.54, 1.807) is 0 Å². The van der Waals surface area contributed by atoms with Crippen LogP contribution in [0.1, 0.15) is 23.5 Å². The van der Waals surface area contributed by atoms with Gasteiger partial charge in [0.15, 0.2) is 11.5 Å². The number of hydrogen-bond acceptors (Lipinski definition) is 4.